The van der Waals surface area contributed by atoms with Gasteiger partial charge in [0, 0.05) is 23.5 Å². The van der Waals surface area contributed by atoms with Gasteiger partial charge in [-0.3, -0.25) is 4.79 Å². The molecule has 1 aromatic heterocycles. The van der Waals surface area contributed by atoms with Crippen LogP contribution in [0.15, 0.2) is 24.4 Å². The monoisotopic (exact) mass is 352 g/mol. The average Bonchev–Trinajstić information content (AvgIpc) is 2.86. The van der Waals surface area contributed by atoms with Crippen molar-refractivity contribution in [2.24, 2.45) is 5.73 Å². The van der Waals surface area contributed by atoms with Crippen molar-refractivity contribution in [2.75, 3.05) is 13.7 Å². The van der Waals surface area contributed by atoms with Crippen LogP contribution in [0.2, 0.25) is 0 Å². The van der Waals surface area contributed by atoms with Crippen LogP contribution in [0.25, 0.3) is 10.9 Å². The van der Waals surface area contributed by atoms with Crippen molar-refractivity contribution >= 4 is 29.3 Å². The molecule has 0 aliphatic rings. The Bertz CT molecular complexity index is 673. The van der Waals surface area contributed by atoms with Gasteiger partial charge in [-0.2, -0.15) is 13.2 Å². The first kappa shape index (κ1) is 19.1. The Morgan fingerprint density at radius 1 is 1.39 bits per heavy atom. The standard InChI is InChI=1S/C14H15F3N2O3.ClH/c1-21-9-2-3-12-10(5-9)8(6-19-12)4-11(18)13(20)22-7-14(15,16)17;/h2-3,5-6,11,19H,4,7,18H2,1H3;1H/t11-;/m0./s1. The van der Waals surface area contributed by atoms with Crippen LogP contribution in [0.1, 0.15) is 5.56 Å². The Labute approximate surface area is 136 Å². The highest BCUT2D eigenvalue weighted by atomic mass is 35.5. The molecule has 0 fully saturated rings. The molecule has 2 aromatic rings. The van der Waals surface area contributed by atoms with E-state index in [1.807, 2.05) is 0 Å². The van der Waals surface area contributed by atoms with Crippen LogP contribution in [0.4, 0.5) is 13.2 Å². The summed E-state index contributed by atoms with van der Waals surface area (Å²) < 4.78 is 45.3. The number of carbonyl (C=O) groups is 1. The number of methoxy groups -OCH3 is 1. The molecule has 2 rings (SSSR count). The quantitative estimate of drug-likeness (QED) is 0.811. The number of aromatic nitrogens is 1. The van der Waals surface area contributed by atoms with Crippen molar-refractivity contribution in [3.63, 3.8) is 0 Å². The predicted octanol–water partition coefficient (Wildman–Crippen LogP) is 2.57. The summed E-state index contributed by atoms with van der Waals surface area (Å²) in [5.74, 6) is -0.462. The number of H-pyrrole nitrogens is 1. The molecule has 1 aromatic carbocycles. The van der Waals surface area contributed by atoms with Crippen molar-refractivity contribution < 1.29 is 27.4 Å². The third-order valence-corrected chi connectivity index (χ3v) is 3.10. The minimum absolute atomic E-state index is 0. The van der Waals surface area contributed by atoms with E-state index in [1.54, 1.807) is 24.4 Å². The van der Waals surface area contributed by atoms with E-state index in [0.717, 1.165) is 10.9 Å². The maximum Gasteiger partial charge on any atom is 0.422 e. The van der Waals surface area contributed by atoms with Gasteiger partial charge in [0.15, 0.2) is 6.61 Å². The summed E-state index contributed by atoms with van der Waals surface area (Å²) in [5.41, 5.74) is 7.12. The lowest BCUT2D eigenvalue weighted by Crippen LogP contribution is -2.36. The van der Waals surface area contributed by atoms with Crippen LogP contribution in [-0.2, 0) is 16.0 Å². The SMILES string of the molecule is COc1ccc2[nH]cc(C[C@H](N)C(=O)OCC(F)(F)F)c2c1.Cl. The molecular formula is C14H16ClF3N2O3. The summed E-state index contributed by atoms with van der Waals surface area (Å²) in [6.45, 7) is -1.64. The number of halogens is 4. The molecule has 0 amide bonds. The van der Waals surface area contributed by atoms with Crippen LogP contribution >= 0.6 is 12.4 Å². The molecule has 0 spiro atoms. The molecule has 0 saturated heterocycles. The van der Waals surface area contributed by atoms with Gasteiger partial charge in [0.2, 0.25) is 0 Å². The first-order valence-electron chi connectivity index (χ1n) is 6.43. The number of esters is 1. The maximum atomic E-state index is 12.0. The topological polar surface area (TPSA) is 77.3 Å². The Morgan fingerprint density at radius 2 is 2.09 bits per heavy atom. The Balaban J connectivity index is 0.00000264. The molecule has 0 aliphatic carbocycles. The van der Waals surface area contributed by atoms with Crippen molar-refractivity contribution in [3.8, 4) is 5.75 Å². The van der Waals surface area contributed by atoms with Crippen LogP contribution < -0.4 is 10.5 Å². The largest absolute Gasteiger partial charge is 0.497 e. The molecule has 0 radical (unpaired) electrons. The number of alkyl halides is 3. The number of rotatable bonds is 5. The first-order valence-corrected chi connectivity index (χ1v) is 6.43. The zero-order valence-electron chi connectivity index (χ0n) is 12.1. The number of hydrogen-bond acceptors (Lipinski definition) is 4. The van der Waals surface area contributed by atoms with Gasteiger partial charge >= 0.3 is 12.1 Å². The second-order valence-electron chi connectivity index (χ2n) is 4.76. The number of nitrogens with one attached hydrogen (secondary N) is 1. The van der Waals surface area contributed by atoms with Gasteiger partial charge in [-0.15, -0.1) is 12.4 Å². The summed E-state index contributed by atoms with van der Waals surface area (Å²) in [5, 5.41) is 0.790. The third-order valence-electron chi connectivity index (χ3n) is 3.10. The van der Waals surface area contributed by atoms with Crippen molar-refractivity contribution in [1.82, 2.24) is 4.98 Å². The summed E-state index contributed by atoms with van der Waals surface area (Å²) in [6.07, 6.45) is -2.85. The van der Waals surface area contributed by atoms with Gasteiger partial charge in [-0.25, -0.2) is 0 Å². The molecule has 23 heavy (non-hydrogen) atoms. The average molecular weight is 353 g/mol. The fourth-order valence-electron chi connectivity index (χ4n) is 2.03. The zero-order chi connectivity index (χ0) is 16.3. The molecule has 0 saturated carbocycles. The van der Waals surface area contributed by atoms with E-state index in [-0.39, 0.29) is 18.8 Å². The third kappa shape index (κ3) is 5.04. The Morgan fingerprint density at radius 3 is 2.70 bits per heavy atom. The van der Waals surface area contributed by atoms with Crippen LogP contribution in [-0.4, -0.2) is 36.9 Å². The molecule has 9 heteroatoms. The number of benzene rings is 1. The Hall–Kier alpha value is -1.93. The number of carbonyl (C=O) groups excluding carboxylic acids is 1. The molecule has 0 bridgehead atoms. The van der Waals surface area contributed by atoms with E-state index in [0.29, 0.717) is 11.3 Å². The van der Waals surface area contributed by atoms with E-state index in [4.69, 9.17) is 10.5 Å². The van der Waals surface area contributed by atoms with Crippen LogP contribution in [0, 0.1) is 0 Å². The first-order chi connectivity index (χ1) is 10.3. The van der Waals surface area contributed by atoms with Gasteiger partial charge in [-0.05, 0) is 23.8 Å². The summed E-state index contributed by atoms with van der Waals surface area (Å²) in [6, 6.07) is 4.15. The van der Waals surface area contributed by atoms with Gasteiger partial charge in [0.25, 0.3) is 0 Å². The molecule has 3 N–H and O–H groups in total. The van der Waals surface area contributed by atoms with E-state index >= 15 is 0 Å². The van der Waals surface area contributed by atoms with Gasteiger partial charge < -0.3 is 20.2 Å². The van der Waals surface area contributed by atoms with Gasteiger partial charge in [-0.1, -0.05) is 0 Å². The highest BCUT2D eigenvalue weighted by Gasteiger charge is 2.31. The Kier molecular flexibility index (Phi) is 6.28. The number of ether oxygens (including phenoxy) is 2. The lowest BCUT2D eigenvalue weighted by molar-refractivity contribution is -0.187. The molecule has 1 heterocycles. The lowest BCUT2D eigenvalue weighted by Gasteiger charge is -2.12. The van der Waals surface area contributed by atoms with Crippen molar-refractivity contribution in [1.29, 1.82) is 0 Å². The summed E-state index contributed by atoms with van der Waals surface area (Å²) in [7, 11) is 1.52. The van der Waals surface area contributed by atoms with E-state index in [2.05, 4.69) is 9.72 Å². The van der Waals surface area contributed by atoms with E-state index in [1.165, 1.54) is 7.11 Å². The van der Waals surface area contributed by atoms with Gasteiger partial charge in [0.1, 0.15) is 11.8 Å². The van der Waals surface area contributed by atoms with Crippen molar-refractivity contribution in [3.05, 3.63) is 30.0 Å². The second-order valence-corrected chi connectivity index (χ2v) is 4.76. The van der Waals surface area contributed by atoms with Gasteiger partial charge in [0.05, 0.1) is 7.11 Å². The number of fused-ring (bicyclic) bond motifs is 1. The number of nitrogens with two attached hydrogens (primary N) is 1. The highest BCUT2D eigenvalue weighted by Crippen LogP contribution is 2.24. The minimum atomic E-state index is -4.57. The molecule has 1 atom stereocenters. The van der Waals surface area contributed by atoms with Crippen molar-refractivity contribution in [2.45, 2.75) is 18.6 Å². The zero-order valence-corrected chi connectivity index (χ0v) is 13.0. The van der Waals surface area contributed by atoms with E-state index in [9.17, 15) is 18.0 Å². The number of aromatic amines is 1. The maximum absolute atomic E-state index is 12.0. The molecule has 0 aliphatic heterocycles. The molecule has 0 unspecified atom stereocenters. The lowest BCUT2D eigenvalue weighted by atomic mass is 10.1. The fraction of sp³-hybridized carbons (Fsp3) is 0.357. The minimum Gasteiger partial charge on any atom is -0.497 e. The molecular weight excluding hydrogens is 337 g/mol. The highest BCUT2D eigenvalue weighted by molar-refractivity contribution is 5.86. The summed E-state index contributed by atoms with van der Waals surface area (Å²) in [4.78, 5) is 14.5. The smallest absolute Gasteiger partial charge is 0.422 e. The predicted molar refractivity (Wildman–Crippen MR) is 80.8 cm³/mol. The summed E-state index contributed by atoms with van der Waals surface area (Å²) >= 11 is 0. The normalized spacial score (nSPS) is 12.6. The second kappa shape index (κ2) is 7.56. The van der Waals surface area contributed by atoms with Crippen LogP contribution in [0.5, 0.6) is 5.75 Å². The fourth-order valence-corrected chi connectivity index (χ4v) is 2.03. The molecule has 5 nitrogen and oxygen atoms in total. The number of hydrogen-bond donors (Lipinski definition) is 2. The van der Waals surface area contributed by atoms with E-state index < -0.39 is 24.8 Å². The molecule has 128 valence electrons. The van der Waals surface area contributed by atoms with Crippen LogP contribution in [0.3, 0.4) is 0 Å².